The SMILES string of the molecule is COc1ccc(C)cc1S(=O)(=O)N(C)c1ccc(NS(C)(=O)=O)cc1. The van der Waals surface area contributed by atoms with Crippen molar-refractivity contribution in [2.45, 2.75) is 11.8 Å². The minimum Gasteiger partial charge on any atom is -0.495 e. The molecule has 0 aliphatic rings. The summed E-state index contributed by atoms with van der Waals surface area (Å²) in [5.41, 5.74) is 1.54. The molecule has 0 aliphatic heterocycles. The Bertz CT molecular complexity index is 968. The highest BCUT2D eigenvalue weighted by Gasteiger charge is 2.25. The molecule has 7 nitrogen and oxygen atoms in total. The molecule has 0 aromatic heterocycles. The largest absolute Gasteiger partial charge is 0.495 e. The van der Waals surface area contributed by atoms with Crippen LogP contribution in [0.3, 0.4) is 0 Å². The average Bonchev–Trinajstić information content (AvgIpc) is 2.53. The smallest absolute Gasteiger partial charge is 0.267 e. The summed E-state index contributed by atoms with van der Waals surface area (Å²) in [7, 11) is -4.39. The molecule has 9 heteroatoms. The standard InChI is InChI=1S/C16H20N2O5S2/c1-12-5-10-15(23-3)16(11-12)25(21,22)18(2)14-8-6-13(7-9-14)17-24(4,19)20/h5-11,17H,1-4H3. The molecule has 2 aromatic rings. The molecule has 0 saturated heterocycles. The fourth-order valence-electron chi connectivity index (χ4n) is 2.23. The van der Waals surface area contributed by atoms with Gasteiger partial charge in [-0.05, 0) is 48.9 Å². The predicted octanol–water partition coefficient (Wildman–Crippen LogP) is 2.20. The topological polar surface area (TPSA) is 92.8 Å². The number of aryl methyl sites for hydroxylation is 1. The summed E-state index contributed by atoms with van der Waals surface area (Å²) in [6.45, 7) is 1.80. The molecule has 1 N–H and O–H groups in total. The minimum absolute atomic E-state index is 0.0656. The van der Waals surface area contributed by atoms with Crippen LogP contribution < -0.4 is 13.8 Å². The molecule has 0 spiro atoms. The molecule has 0 fully saturated rings. The van der Waals surface area contributed by atoms with Gasteiger partial charge in [-0.15, -0.1) is 0 Å². The van der Waals surface area contributed by atoms with Gasteiger partial charge in [-0.3, -0.25) is 9.03 Å². The van der Waals surface area contributed by atoms with E-state index in [1.807, 2.05) is 0 Å². The molecule has 0 heterocycles. The highest BCUT2D eigenvalue weighted by molar-refractivity contribution is 7.93. The van der Waals surface area contributed by atoms with Crippen molar-refractivity contribution >= 4 is 31.4 Å². The van der Waals surface area contributed by atoms with Crippen molar-refractivity contribution in [3.63, 3.8) is 0 Å². The van der Waals surface area contributed by atoms with E-state index in [1.54, 1.807) is 25.1 Å². The third-order valence-corrected chi connectivity index (χ3v) is 5.90. The zero-order chi connectivity index (χ0) is 18.8. The number of ether oxygens (including phenoxy) is 1. The van der Waals surface area contributed by atoms with Crippen LogP contribution in [0.4, 0.5) is 11.4 Å². The quantitative estimate of drug-likeness (QED) is 0.824. The zero-order valence-corrected chi connectivity index (χ0v) is 16.0. The first-order chi connectivity index (χ1) is 11.5. The Kier molecular flexibility index (Phi) is 5.28. The molecule has 0 atom stereocenters. The van der Waals surface area contributed by atoms with Gasteiger partial charge in [-0.1, -0.05) is 6.07 Å². The average molecular weight is 384 g/mol. The van der Waals surface area contributed by atoms with Crippen LogP contribution in [-0.2, 0) is 20.0 Å². The van der Waals surface area contributed by atoms with Gasteiger partial charge >= 0.3 is 0 Å². The summed E-state index contributed by atoms with van der Waals surface area (Å²) in [6.07, 6.45) is 1.04. The summed E-state index contributed by atoms with van der Waals surface area (Å²) in [5.74, 6) is 0.257. The third-order valence-electron chi connectivity index (χ3n) is 3.49. The van der Waals surface area contributed by atoms with E-state index in [9.17, 15) is 16.8 Å². The molecule has 0 aliphatic carbocycles. The van der Waals surface area contributed by atoms with E-state index >= 15 is 0 Å². The van der Waals surface area contributed by atoms with E-state index in [1.165, 1.54) is 38.4 Å². The van der Waals surface area contributed by atoms with Crippen molar-refractivity contribution in [3.8, 4) is 5.75 Å². The molecule has 2 rings (SSSR count). The van der Waals surface area contributed by atoms with Crippen LogP contribution in [0.5, 0.6) is 5.75 Å². The van der Waals surface area contributed by atoms with E-state index < -0.39 is 20.0 Å². The molecular weight excluding hydrogens is 364 g/mol. The van der Waals surface area contributed by atoms with Gasteiger partial charge in [-0.25, -0.2) is 16.8 Å². The van der Waals surface area contributed by atoms with Crippen LogP contribution >= 0.6 is 0 Å². The number of rotatable bonds is 6. The lowest BCUT2D eigenvalue weighted by Gasteiger charge is -2.21. The van der Waals surface area contributed by atoms with Crippen molar-refractivity contribution in [1.29, 1.82) is 0 Å². The maximum absolute atomic E-state index is 12.9. The molecule has 2 aromatic carbocycles. The van der Waals surface area contributed by atoms with Gasteiger partial charge in [0.15, 0.2) is 0 Å². The van der Waals surface area contributed by atoms with Gasteiger partial charge in [0.1, 0.15) is 10.6 Å². The lowest BCUT2D eigenvalue weighted by atomic mass is 10.2. The Balaban J connectivity index is 2.39. The number of hydrogen-bond acceptors (Lipinski definition) is 5. The van der Waals surface area contributed by atoms with Crippen molar-refractivity contribution in [1.82, 2.24) is 0 Å². The second-order valence-electron chi connectivity index (χ2n) is 5.55. The number of hydrogen-bond donors (Lipinski definition) is 1. The monoisotopic (exact) mass is 384 g/mol. The minimum atomic E-state index is -3.84. The Morgan fingerprint density at radius 2 is 1.60 bits per heavy atom. The molecule has 0 saturated carbocycles. The molecule has 136 valence electrons. The highest BCUT2D eigenvalue weighted by Crippen LogP contribution is 2.30. The van der Waals surface area contributed by atoms with E-state index in [4.69, 9.17) is 4.74 Å². The Morgan fingerprint density at radius 1 is 1.00 bits per heavy atom. The molecule has 0 amide bonds. The van der Waals surface area contributed by atoms with Crippen molar-refractivity contribution in [2.75, 3.05) is 29.4 Å². The summed E-state index contributed by atoms with van der Waals surface area (Å²) >= 11 is 0. The number of nitrogens with one attached hydrogen (secondary N) is 1. The fraction of sp³-hybridized carbons (Fsp3) is 0.250. The normalized spacial score (nSPS) is 11.8. The summed E-state index contributed by atoms with van der Waals surface area (Å²) < 4.78 is 56.9. The van der Waals surface area contributed by atoms with Gasteiger partial charge in [0, 0.05) is 12.7 Å². The van der Waals surface area contributed by atoms with Gasteiger partial charge in [-0.2, -0.15) is 0 Å². The Labute approximate surface area is 148 Å². The lowest BCUT2D eigenvalue weighted by Crippen LogP contribution is -2.27. The number of nitrogens with zero attached hydrogens (tertiary/aromatic N) is 1. The molecule has 0 unspecified atom stereocenters. The molecule has 25 heavy (non-hydrogen) atoms. The molecule has 0 bridgehead atoms. The highest BCUT2D eigenvalue weighted by atomic mass is 32.2. The number of benzene rings is 2. The predicted molar refractivity (Wildman–Crippen MR) is 98.2 cm³/mol. The maximum Gasteiger partial charge on any atom is 0.267 e. The Morgan fingerprint density at radius 3 is 2.12 bits per heavy atom. The van der Waals surface area contributed by atoms with Crippen LogP contribution in [0.25, 0.3) is 0 Å². The summed E-state index contributed by atoms with van der Waals surface area (Å²) in [5, 5.41) is 0. The van der Waals surface area contributed by atoms with E-state index in [2.05, 4.69) is 4.72 Å². The van der Waals surface area contributed by atoms with Gasteiger partial charge in [0.25, 0.3) is 10.0 Å². The Hall–Kier alpha value is -2.26. The summed E-state index contributed by atoms with van der Waals surface area (Å²) in [6, 6.07) is 11.0. The molecule has 0 radical (unpaired) electrons. The van der Waals surface area contributed by atoms with Crippen LogP contribution in [0, 0.1) is 6.92 Å². The maximum atomic E-state index is 12.9. The lowest BCUT2D eigenvalue weighted by molar-refractivity contribution is 0.402. The third kappa shape index (κ3) is 4.43. The summed E-state index contributed by atoms with van der Waals surface area (Å²) in [4.78, 5) is 0.0656. The first kappa shape index (κ1) is 19.1. The van der Waals surface area contributed by atoms with Crippen molar-refractivity contribution in [2.24, 2.45) is 0 Å². The zero-order valence-electron chi connectivity index (χ0n) is 14.3. The van der Waals surface area contributed by atoms with Crippen LogP contribution in [0.2, 0.25) is 0 Å². The van der Waals surface area contributed by atoms with E-state index in [0.717, 1.165) is 16.1 Å². The van der Waals surface area contributed by atoms with Crippen molar-refractivity contribution in [3.05, 3.63) is 48.0 Å². The first-order valence-electron chi connectivity index (χ1n) is 7.26. The van der Waals surface area contributed by atoms with Crippen LogP contribution in [-0.4, -0.2) is 37.2 Å². The number of sulfonamides is 2. The van der Waals surface area contributed by atoms with Crippen LogP contribution in [0.1, 0.15) is 5.56 Å². The molecular formula is C16H20N2O5S2. The first-order valence-corrected chi connectivity index (χ1v) is 10.6. The second kappa shape index (κ2) is 6.93. The number of anilines is 2. The van der Waals surface area contributed by atoms with Gasteiger partial charge in [0.2, 0.25) is 10.0 Å². The van der Waals surface area contributed by atoms with Crippen molar-refractivity contribution < 1.29 is 21.6 Å². The fourth-order valence-corrected chi connectivity index (χ4v) is 4.22. The second-order valence-corrected chi connectivity index (χ2v) is 9.23. The van der Waals surface area contributed by atoms with Crippen LogP contribution in [0.15, 0.2) is 47.4 Å². The van der Waals surface area contributed by atoms with E-state index in [0.29, 0.717) is 11.4 Å². The van der Waals surface area contributed by atoms with Gasteiger partial charge in [0.05, 0.1) is 19.1 Å². The van der Waals surface area contributed by atoms with E-state index in [-0.39, 0.29) is 10.6 Å². The number of methoxy groups -OCH3 is 1. The van der Waals surface area contributed by atoms with Gasteiger partial charge < -0.3 is 4.74 Å².